The molecule has 5 heteroatoms. The standard InChI is InChI=1S/C12H20N2O3/c1-7(2)4-10(12(16)17)14-11(15)8(3)9-5-13-6-9/h7,10,13H,4-6H2,1-3H3,(H,14,15)(H,16,17)/t10-/m0/s1. The topological polar surface area (TPSA) is 78.4 Å². The van der Waals surface area contributed by atoms with Crippen LogP contribution < -0.4 is 10.6 Å². The number of carbonyl (C=O) groups is 2. The van der Waals surface area contributed by atoms with E-state index in [-0.39, 0.29) is 11.8 Å². The van der Waals surface area contributed by atoms with E-state index >= 15 is 0 Å². The highest BCUT2D eigenvalue weighted by atomic mass is 16.4. The Morgan fingerprint density at radius 3 is 2.35 bits per heavy atom. The van der Waals surface area contributed by atoms with Gasteiger partial charge in [0.05, 0.1) is 0 Å². The molecule has 1 rings (SSSR count). The van der Waals surface area contributed by atoms with Crippen LogP contribution >= 0.6 is 0 Å². The van der Waals surface area contributed by atoms with Gasteiger partial charge in [-0.2, -0.15) is 0 Å². The van der Waals surface area contributed by atoms with Gasteiger partial charge < -0.3 is 15.7 Å². The van der Waals surface area contributed by atoms with Gasteiger partial charge in [-0.3, -0.25) is 4.79 Å². The molecule has 1 saturated heterocycles. The molecule has 1 fully saturated rings. The summed E-state index contributed by atoms with van der Waals surface area (Å²) in [6.45, 7) is 7.05. The average molecular weight is 240 g/mol. The molecule has 1 aliphatic rings. The maximum absolute atomic E-state index is 11.8. The van der Waals surface area contributed by atoms with Crippen LogP contribution in [-0.4, -0.2) is 36.1 Å². The van der Waals surface area contributed by atoms with Crippen molar-refractivity contribution in [2.45, 2.75) is 33.2 Å². The molecule has 0 unspecified atom stereocenters. The normalized spacial score (nSPS) is 16.4. The molecule has 0 bridgehead atoms. The summed E-state index contributed by atoms with van der Waals surface area (Å²) in [5, 5.41) is 14.6. The van der Waals surface area contributed by atoms with Crippen LogP contribution in [0.5, 0.6) is 0 Å². The Balaban J connectivity index is 2.60. The zero-order valence-corrected chi connectivity index (χ0v) is 10.5. The number of nitrogens with one attached hydrogen (secondary N) is 2. The van der Waals surface area contributed by atoms with E-state index in [1.807, 2.05) is 13.8 Å². The van der Waals surface area contributed by atoms with Gasteiger partial charge in [0.2, 0.25) is 5.91 Å². The average Bonchev–Trinajstić information content (AvgIpc) is 2.12. The number of amides is 1. The zero-order chi connectivity index (χ0) is 13.0. The molecule has 1 atom stereocenters. The maximum Gasteiger partial charge on any atom is 0.326 e. The minimum absolute atomic E-state index is 0.231. The van der Waals surface area contributed by atoms with Gasteiger partial charge in [-0.25, -0.2) is 4.79 Å². The van der Waals surface area contributed by atoms with Crippen LogP contribution in [-0.2, 0) is 9.59 Å². The first-order valence-corrected chi connectivity index (χ1v) is 5.84. The fourth-order valence-corrected chi connectivity index (χ4v) is 1.64. The monoisotopic (exact) mass is 240 g/mol. The van der Waals surface area contributed by atoms with E-state index < -0.39 is 12.0 Å². The van der Waals surface area contributed by atoms with Gasteiger partial charge in [-0.15, -0.1) is 0 Å². The van der Waals surface area contributed by atoms with E-state index in [9.17, 15) is 9.59 Å². The van der Waals surface area contributed by atoms with Crippen LogP contribution in [0, 0.1) is 5.92 Å². The van der Waals surface area contributed by atoms with Gasteiger partial charge >= 0.3 is 5.97 Å². The molecule has 0 aromatic heterocycles. The fraction of sp³-hybridized carbons (Fsp3) is 0.667. The molecule has 0 saturated carbocycles. The van der Waals surface area contributed by atoms with Crippen molar-refractivity contribution in [3.05, 3.63) is 11.1 Å². The van der Waals surface area contributed by atoms with Gasteiger partial charge in [-0.1, -0.05) is 13.8 Å². The van der Waals surface area contributed by atoms with Crippen LogP contribution in [0.4, 0.5) is 0 Å². The lowest BCUT2D eigenvalue weighted by molar-refractivity contribution is -0.141. The molecule has 96 valence electrons. The highest BCUT2D eigenvalue weighted by Crippen LogP contribution is 2.10. The summed E-state index contributed by atoms with van der Waals surface area (Å²) in [6.07, 6.45) is 0.446. The Kier molecular flexibility index (Phi) is 4.69. The second-order valence-corrected chi connectivity index (χ2v) is 4.83. The number of carboxylic acid groups (broad SMARTS) is 1. The molecule has 0 spiro atoms. The molecule has 3 N–H and O–H groups in total. The van der Waals surface area contributed by atoms with Crippen LogP contribution in [0.25, 0.3) is 0 Å². The van der Waals surface area contributed by atoms with Crippen molar-refractivity contribution in [1.82, 2.24) is 10.6 Å². The first kappa shape index (κ1) is 13.7. The third kappa shape index (κ3) is 3.85. The van der Waals surface area contributed by atoms with Crippen LogP contribution in [0.3, 0.4) is 0 Å². The quantitative estimate of drug-likeness (QED) is 0.612. The lowest BCUT2D eigenvalue weighted by Gasteiger charge is -2.23. The minimum Gasteiger partial charge on any atom is -0.480 e. The Morgan fingerprint density at radius 2 is 2.00 bits per heavy atom. The molecule has 0 aromatic rings. The number of carboxylic acids is 1. The van der Waals surface area contributed by atoms with Crippen LogP contribution in [0.1, 0.15) is 27.2 Å². The molecule has 1 heterocycles. The Labute approximate surface area is 101 Å². The highest BCUT2D eigenvalue weighted by molar-refractivity contribution is 5.96. The summed E-state index contributed by atoms with van der Waals surface area (Å²) in [5.41, 5.74) is 1.69. The van der Waals surface area contributed by atoms with Gasteiger partial charge in [-0.05, 0) is 24.8 Å². The van der Waals surface area contributed by atoms with Crippen LogP contribution in [0.2, 0.25) is 0 Å². The van der Waals surface area contributed by atoms with Gasteiger partial charge in [0.1, 0.15) is 6.04 Å². The van der Waals surface area contributed by atoms with Crippen molar-refractivity contribution < 1.29 is 14.7 Å². The summed E-state index contributed by atoms with van der Waals surface area (Å²) in [4.78, 5) is 22.8. The number of rotatable bonds is 5. The summed E-state index contributed by atoms with van der Waals surface area (Å²) in [6, 6.07) is -0.800. The summed E-state index contributed by atoms with van der Waals surface area (Å²) in [7, 11) is 0. The minimum atomic E-state index is -0.975. The van der Waals surface area contributed by atoms with Crippen molar-refractivity contribution >= 4 is 11.9 Å². The van der Waals surface area contributed by atoms with E-state index in [0.29, 0.717) is 12.0 Å². The predicted molar refractivity (Wildman–Crippen MR) is 64.6 cm³/mol. The maximum atomic E-state index is 11.8. The van der Waals surface area contributed by atoms with E-state index in [1.165, 1.54) is 0 Å². The molecule has 17 heavy (non-hydrogen) atoms. The third-order valence-electron chi connectivity index (χ3n) is 2.86. The Morgan fingerprint density at radius 1 is 1.41 bits per heavy atom. The van der Waals surface area contributed by atoms with Crippen molar-refractivity contribution in [2.75, 3.05) is 13.1 Å². The second-order valence-electron chi connectivity index (χ2n) is 4.83. The number of hydrogen-bond donors (Lipinski definition) is 3. The zero-order valence-electron chi connectivity index (χ0n) is 10.5. The Bertz CT molecular complexity index is 342. The van der Waals surface area contributed by atoms with Crippen molar-refractivity contribution in [2.24, 2.45) is 5.92 Å². The molecule has 1 amide bonds. The molecule has 0 radical (unpaired) electrons. The molecular formula is C12H20N2O3. The molecule has 5 nitrogen and oxygen atoms in total. The lowest BCUT2D eigenvalue weighted by atomic mass is 10.0. The first-order valence-electron chi connectivity index (χ1n) is 5.84. The van der Waals surface area contributed by atoms with Crippen molar-refractivity contribution in [3.8, 4) is 0 Å². The molecular weight excluding hydrogens is 220 g/mol. The molecule has 0 aliphatic carbocycles. The highest BCUT2D eigenvalue weighted by Gasteiger charge is 2.23. The van der Waals surface area contributed by atoms with Crippen LogP contribution in [0.15, 0.2) is 11.1 Å². The van der Waals surface area contributed by atoms with E-state index in [2.05, 4.69) is 10.6 Å². The lowest BCUT2D eigenvalue weighted by Crippen LogP contribution is -2.44. The van der Waals surface area contributed by atoms with Gasteiger partial charge in [0, 0.05) is 18.7 Å². The molecule has 0 aromatic carbocycles. The van der Waals surface area contributed by atoms with E-state index in [4.69, 9.17) is 5.11 Å². The number of aliphatic carboxylic acids is 1. The van der Waals surface area contributed by atoms with Crippen molar-refractivity contribution in [1.29, 1.82) is 0 Å². The first-order chi connectivity index (χ1) is 7.91. The largest absolute Gasteiger partial charge is 0.480 e. The van der Waals surface area contributed by atoms with Gasteiger partial charge in [0.25, 0.3) is 0 Å². The van der Waals surface area contributed by atoms with E-state index in [1.54, 1.807) is 6.92 Å². The SMILES string of the molecule is CC(C(=O)N[C@@H](CC(C)C)C(=O)O)=C1CNC1. The number of hydrogen-bond acceptors (Lipinski definition) is 3. The summed E-state index contributed by atoms with van der Waals surface area (Å²) in [5.74, 6) is -1.01. The number of carbonyl (C=O) groups excluding carboxylic acids is 1. The van der Waals surface area contributed by atoms with Gasteiger partial charge in [0.15, 0.2) is 0 Å². The van der Waals surface area contributed by atoms with E-state index in [0.717, 1.165) is 18.7 Å². The Hall–Kier alpha value is -1.36. The summed E-state index contributed by atoms with van der Waals surface area (Å²) >= 11 is 0. The predicted octanol–water partition coefficient (Wildman–Crippen LogP) is 0.522. The molecule has 1 aliphatic heterocycles. The third-order valence-corrected chi connectivity index (χ3v) is 2.86. The fourth-order valence-electron chi connectivity index (χ4n) is 1.64. The summed E-state index contributed by atoms with van der Waals surface area (Å²) < 4.78 is 0. The smallest absolute Gasteiger partial charge is 0.326 e. The second kappa shape index (κ2) is 5.82. The van der Waals surface area contributed by atoms with Crippen molar-refractivity contribution in [3.63, 3.8) is 0 Å².